The van der Waals surface area contributed by atoms with Gasteiger partial charge in [0.2, 0.25) is 10.4 Å². The quantitative estimate of drug-likeness (QED) is 0.228. The molecule has 0 heterocycles. The van der Waals surface area contributed by atoms with Crippen LogP contribution in [0.25, 0.3) is 0 Å². The summed E-state index contributed by atoms with van der Waals surface area (Å²) in [5.74, 6) is -37.9. The van der Waals surface area contributed by atoms with Gasteiger partial charge >= 0.3 is 65.3 Å². The normalized spacial score (nSPS) is 15.5. The molecule has 0 aliphatic rings. The second kappa shape index (κ2) is 8.00. The van der Waals surface area contributed by atoms with E-state index in [1.54, 1.807) is 0 Å². The van der Waals surface area contributed by atoms with E-state index < -0.39 is 59.2 Å². The van der Waals surface area contributed by atoms with Crippen LogP contribution in [0.1, 0.15) is 6.42 Å². The molecule has 158 valence electrons. The van der Waals surface area contributed by atoms with E-state index in [1.807, 2.05) is 0 Å². The minimum atomic E-state index is -8.04. The van der Waals surface area contributed by atoms with E-state index in [0.717, 1.165) is 0 Å². The van der Waals surface area contributed by atoms with Crippen molar-refractivity contribution < 1.29 is 104 Å². The Morgan fingerprint density at radius 3 is 1.30 bits per heavy atom. The number of halogens is 13. The summed E-state index contributed by atoms with van der Waals surface area (Å²) in [6.45, 7) is -2.30. The predicted octanol–water partition coefficient (Wildman–Crippen LogP) is 0.596. The van der Waals surface area contributed by atoms with Gasteiger partial charge in [0.1, 0.15) is 0 Å². The SMILES string of the molecule is O=S(=O)([O-])OCCC(F)(F)C(F)(F)C(F)(F)C(F)(F)C(F)(F)C(F)(F)F.[Na+]. The maximum Gasteiger partial charge on any atom is 1.00 e. The van der Waals surface area contributed by atoms with E-state index in [-0.39, 0.29) is 29.6 Å². The molecule has 0 saturated carbocycles. The Balaban J connectivity index is 0. The molecule has 0 aromatic rings. The number of hydrogen-bond donors (Lipinski definition) is 0. The molecule has 0 rings (SSSR count). The number of rotatable bonds is 8. The summed E-state index contributed by atoms with van der Waals surface area (Å²) in [5, 5.41) is 0. The Kier molecular flexibility index (Phi) is 8.64. The minimum Gasteiger partial charge on any atom is -0.726 e. The summed E-state index contributed by atoms with van der Waals surface area (Å²) in [6, 6.07) is 0. The molecule has 27 heavy (non-hydrogen) atoms. The molecule has 0 aliphatic heterocycles. The van der Waals surface area contributed by atoms with Crippen LogP contribution in [0.2, 0.25) is 0 Å². The average Bonchev–Trinajstić information content (AvgIpc) is 2.34. The topological polar surface area (TPSA) is 66.4 Å². The van der Waals surface area contributed by atoms with Crippen molar-refractivity contribution in [1.29, 1.82) is 0 Å². The Morgan fingerprint density at radius 2 is 1.00 bits per heavy atom. The smallest absolute Gasteiger partial charge is 0.726 e. The largest absolute Gasteiger partial charge is 1.00 e. The first-order valence-electron chi connectivity index (χ1n) is 5.52. The Bertz CT molecular complexity index is 614. The first-order chi connectivity index (χ1) is 11.0. The van der Waals surface area contributed by atoms with Gasteiger partial charge < -0.3 is 4.55 Å². The molecule has 19 heteroatoms. The van der Waals surface area contributed by atoms with Crippen LogP contribution >= 0.6 is 0 Å². The molecule has 4 nitrogen and oxygen atoms in total. The van der Waals surface area contributed by atoms with Crippen LogP contribution in [0.4, 0.5) is 57.1 Å². The first kappa shape index (κ1) is 29.2. The number of alkyl halides is 13. The van der Waals surface area contributed by atoms with Gasteiger partial charge in [0.25, 0.3) is 0 Å². The summed E-state index contributed by atoms with van der Waals surface area (Å²) in [5.41, 5.74) is 0. The second-order valence-corrected chi connectivity index (χ2v) is 5.53. The van der Waals surface area contributed by atoms with Crippen molar-refractivity contribution in [2.45, 2.75) is 42.2 Å². The molecule has 0 aliphatic carbocycles. The zero-order chi connectivity index (χ0) is 21.6. The van der Waals surface area contributed by atoms with Crippen molar-refractivity contribution in [2.24, 2.45) is 0 Å². The number of hydrogen-bond acceptors (Lipinski definition) is 4. The molecule has 0 aromatic heterocycles. The van der Waals surface area contributed by atoms with Crippen LogP contribution in [0.3, 0.4) is 0 Å². The zero-order valence-electron chi connectivity index (χ0n) is 12.4. The summed E-state index contributed by atoms with van der Waals surface area (Å²) in [6.07, 6.45) is -10.4. The van der Waals surface area contributed by atoms with E-state index >= 15 is 0 Å². The van der Waals surface area contributed by atoms with Crippen LogP contribution in [0.5, 0.6) is 0 Å². The van der Waals surface area contributed by atoms with Gasteiger partial charge in [0.15, 0.2) is 0 Å². The fourth-order valence-corrected chi connectivity index (χ4v) is 1.52. The maximum atomic E-state index is 13.0. The van der Waals surface area contributed by atoms with Crippen molar-refractivity contribution in [3.05, 3.63) is 0 Å². The maximum absolute atomic E-state index is 13.0. The van der Waals surface area contributed by atoms with Gasteiger partial charge in [-0.1, -0.05) is 0 Å². The zero-order valence-corrected chi connectivity index (χ0v) is 15.2. The molecule has 0 bridgehead atoms. The average molecular weight is 466 g/mol. The Morgan fingerprint density at radius 1 is 0.667 bits per heavy atom. The third kappa shape index (κ3) is 5.31. The molecule has 0 radical (unpaired) electrons. The molecule has 0 atom stereocenters. The van der Waals surface area contributed by atoms with Gasteiger partial charge in [0.05, 0.1) is 6.61 Å². The van der Waals surface area contributed by atoms with Crippen LogP contribution in [0.15, 0.2) is 0 Å². The van der Waals surface area contributed by atoms with Crippen molar-refractivity contribution in [3.63, 3.8) is 0 Å². The second-order valence-electron chi connectivity index (χ2n) is 4.48. The van der Waals surface area contributed by atoms with Crippen LogP contribution in [-0.4, -0.2) is 55.4 Å². The van der Waals surface area contributed by atoms with E-state index in [0.29, 0.717) is 0 Å². The Hall–Kier alpha value is -0.0400. The van der Waals surface area contributed by atoms with Crippen molar-refractivity contribution in [2.75, 3.05) is 6.61 Å². The van der Waals surface area contributed by atoms with Crippen molar-refractivity contribution in [3.8, 4) is 0 Å². The van der Waals surface area contributed by atoms with Gasteiger partial charge in [-0.3, -0.25) is 4.18 Å². The summed E-state index contributed by atoms with van der Waals surface area (Å²) >= 11 is 0. The summed E-state index contributed by atoms with van der Waals surface area (Å²) in [4.78, 5) is 0. The van der Waals surface area contributed by atoms with Gasteiger partial charge in [-0.2, -0.15) is 57.1 Å². The standard InChI is InChI=1S/C8H5F13O4S.Na/c9-3(10,1-2-25-26(22,23)24)4(11,12)5(13,14)6(15,16)7(17,18)8(19,20)21;/h1-2H2,(H,22,23,24);/q;+1/p-1. The third-order valence-corrected chi connectivity index (χ3v) is 3.10. The predicted molar refractivity (Wildman–Crippen MR) is 51.1 cm³/mol. The molecule has 0 spiro atoms. The molecule has 0 N–H and O–H groups in total. The van der Waals surface area contributed by atoms with Gasteiger partial charge in [-0.05, 0) is 0 Å². The van der Waals surface area contributed by atoms with Crippen LogP contribution in [0, 0.1) is 0 Å². The van der Waals surface area contributed by atoms with E-state index in [4.69, 9.17) is 0 Å². The van der Waals surface area contributed by atoms with Gasteiger partial charge in [0, 0.05) is 6.42 Å². The fourth-order valence-electron chi connectivity index (χ4n) is 1.23. The monoisotopic (exact) mass is 466 g/mol. The third-order valence-electron chi connectivity index (χ3n) is 2.64. The minimum absolute atomic E-state index is 0. The van der Waals surface area contributed by atoms with Gasteiger partial charge in [-0.25, -0.2) is 8.42 Å². The molecular formula is C8H4F13NaO4S. The van der Waals surface area contributed by atoms with Gasteiger partial charge in [-0.15, -0.1) is 0 Å². The van der Waals surface area contributed by atoms with E-state index in [1.165, 1.54) is 0 Å². The fraction of sp³-hybridized carbons (Fsp3) is 1.00. The summed E-state index contributed by atoms with van der Waals surface area (Å²) < 4.78 is 196. The van der Waals surface area contributed by atoms with Crippen molar-refractivity contribution in [1.82, 2.24) is 0 Å². The molecule has 0 fully saturated rings. The van der Waals surface area contributed by atoms with Crippen LogP contribution in [-0.2, 0) is 14.6 Å². The molecule has 0 aromatic carbocycles. The first-order valence-corrected chi connectivity index (χ1v) is 6.85. The molecule has 0 unspecified atom stereocenters. The molecular weight excluding hydrogens is 462 g/mol. The molecule has 0 saturated heterocycles. The Labute approximate surface area is 163 Å². The summed E-state index contributed by atoms with van der Waals surface area (Å²) in [7, 11) is -5.83. The van der Waals surface area contributed by atoms with Crippen molar-refractivity contribution >= 4 is 10.4 Å². The van der Waals surface area contributed by atoms with Crippen LogP contribution < -0.4 is 29.6 Å². The molecule has 0 amide bonds. The van der Waals surface area contributed by atoms with E-state index in [9.17, 15) is 70.0 Å². The van der Waals surface area contributed by atoms with E-state index in [2.05, 4.69) is 4.18 Å².